The molecule has 0 aliphatic carbocycles. The van der Waals surface area contributed by atoms with Crippen molar-refractivity contribution in [3.05, 3.63) is 0 Å². The predicted octanol–water partition coefficient (Wildman–Crippen LogP) is -2.33. The van der Waals surface area contributed by atoms with Crippen molar-refractivity contribution in [3.63, 3.8) is 0 Å². The lowest BCUT2D eigenvalue weighted by atomic mass is 9.97. The summed E-state index contributed by atoms with van der Waals surface area (Å²) in [4.78, 5) is 71.4. The number of aliphatic carboxylic acids is 2. The fourth-order valence-electron chi connectivity index (χ4n) is 3.18. The maximum absolute atomic E-state index is 12.8. The van der Waals surface area contributed by atoms with E-state index >= 15 is 0 Å². The topological polar surface area (TPSA) is 217 Å². The summed E-state index contributed by atoms with van der Waals surface area (Å²) < 4.78 is 0. The van der Waals surface area contributed by atoms with Crippen molar-refractivity contribution in [2.45, 2.75) is 70.1 Å². The molecule has 13 nitrogen and oxygen atoms in total. The molecular weight excluding hydrogens is 426 g/mol. The zero-order chi connectivity index (χ0) is 24.4. The Morgan fingerprint density at radius 1 is 1.00 bits per heavy atom. The van der Waals surface area contributed by atoms with Crippen LogP contribution in [0.5, 0.6) is 0 Å². The summed E-state index contributed by atoms with van der Waals surface area (Å²) in [5.41, 5.74) is 5.20. The first-order valence-corrected chi connectivity index (χ1v) is 10.3. The normalized spacial score (nSPS) is 19.1. The van der Waals surface area contributed by atoms with Crippen LogP contribution in [0.3, 0.4) is 0 Å². The van der Waals surface area contributed by atoms with Gasteiger partial charge in [-0.25, -0.2) is 4.79 Å². The van der Waals surface area contributed by atoms with Gasteiger partial charge in [0.1, 0.15) is 18.1 Å². The number of rotatable bonds is 13. The summed E-state index contributed by atoms with van der Waals surface area (Å²) in [6, 6.07) is -4.78. The molecule has 0 saturated carbocycles. The average Bonchev–Trinajstić information content (AvgIpc) is 3.24. The molecule has 180 valence electrons. The molecule has 4 amide bonds. The number of carbonyl (C=O) groups is 6. The molecule has 0 bridgehead atoms. The summed E-state index contributed by atoms with van der Waals surface area (Å²) in [6.07, 6.45) is 0.400. The molecule has 1 saturated heterocycles. The zero-order valence-corrected chi connectivity index (χ0v) is 18.1. The maximum Gasteiger partial charge on any atom is 0.326 e. The summed E-state index contributed by atoms with van der Waals surface area (Å²) >= 11 is 0. The van der Waals surface area contributed by atoms with Crippen molar-refractivity contribution in [2.24, 2.45) is 11.7 Å². The van der Waals surface area contributed by atoms with Gasteiger partial charge < -0.3 is 37.2 Å². The zero-order valence-electron chi connectivity index (χ0n) is 18.1. The largest absolute Gasteiger partial charge is 0.481 e. The third-order valence-corrected chi connectivity index (χ3v) is 5.20. The van der Waals surface area contributed by atoms with E-state index < -0.39 is 78.5 Å². The fraction of sp³-hybridized carbons (Fsp3) is 0.684. The van der Waals surface area contributed by atoms with E-state index in [1.165, 1.54) is 0 Å². The Labute approximate surface area is 184 Å². The first-order chi connectivity index (χ1) is 15.0. The van der Waals surface area contributed by atoms with E-state index in [9.17, 15) is 28.8 Å². The fourth-order valence-corrected chi connectivity index (χ4v) is 3.18. The molecule has 0 aromatic rings. The number of nitrogens with two attached hydrogens (primary N) is 1. The minimum atomic E-state index is -1.70. The monoisotopic (exact) mass is 457 g/mol. The third kappa shape index (κ3) is 8.49. The van der Waals surface area contributed by atoms with Gasteiger partial charge in [0.2, 0.25) is 23.6 Å². The third-order valence-electron chi connectivity index (χ3n) is 5.20. The van der Waals surface area contributed by atoms with Gasteiger partial charge >= 0.3 is 11.9 Å². The maximum atomic E-state index is 12.8. The van der Waals surface area contributed by atoms with Crippen LogP contribution in [0.25, 0.3) is 0 Å². The predicted molar refractivity (Wildman–Crippen MR) is 110 cm³/mol. The van der Waals surface area contributed by atoms with Crippen molar-refractivity contribution in [3.8, 4) is 0 Å². The number of amides is 4. The van der Waals surface area contributed by atoms with E-state index in [1.807, 2.05) is 0 Å². The van der Waals surface area contributed by atoms with Gasteiger partial charge in [-0.15, -0.1) is 0 Å². The van der Waals surface area contributed by atoms with Gasteiger partial charge in [-0.2, -0.15) is 0 Å². The smallest absolute Gasteiger partial charge is 0.326 e. The number of nitrogens with one attached hydrogen (secondary N) is 4. The van der Waals surface area contributed by atoms with E-state index in [1.54, 1.807) is 13.8 Å². The van der Waals surface area contributed by atoms with Crippen LogP contribution in [0, 0.1) is 5.92 Å². The van der Waals surface area contributed by atoms with Crippen LogP contribution in [-0.2, 0) is 28.8 Å². The lowest BCUT2D eigenvalue weighted by Gasteiger charge is -2.27. The van der Waals surface area contributed by atoms with Gasteiger partial charge in [0.25, 0.3) is 0 Å². The number of primary amides is 1. The molecule has 1 aliphatic heterocycles. The van der Waals surface area contributed by atoms with Crippen molar-refractivity contribution >= 4 is 35.6 Å². The molecule has 8 N–H and O–H groups in total. The Morgan fingerprint density at radius 2 is 1.66 bits per heavy atom. The van der Waals surface area contributed by atoms with Gasteiger partial charge in [-0.3, -0.25) is 24.0 Å². The van der Waals surface area contributed by atoms with Crippen molar-refractivity contribution in [2.75, 3.05) is 6.54 Å². The van der Waals surface area contributed by atoms with Crippen molar-refractivity contribution < 1.29 is 39.0 Å². The second kappa shape index (κ2) is 12.6. The standard InChI is InChI=1S/C19H31N5O8/c1-3-9(2)15(18(30)23-12(19(31)32)8-14(26)27)24-17(29)11(7-13(20)25)22-16(28)10-5-4-6-21-10/h9-12,15,21H,3-8H2,1-2H3,(H2,20,25)(H,22,28)(H,23,30)(H,24,29)(H,26,27)(H,31,32). The van der Waals surface area contributed by atoms with Crippen LogP contribution in [0.1, 0.15) is 46.0 Å². The molecule has 32 heavy (non-hydrogen) atoms. The Morgan fingerprint density at radius 3 is 2.12 bits per heavy atom. The summed E-state index contributed by atoms with van der Waals surface area (Å²) in [5.74, 6) is -6.52. The highest BCUT2D eigenvalue weighted by molar-refractivity contribution is 5.96. The number of hydrogen-bond donors (Lipinski definition) is 7. The molecule has 1 aliphatic rings. The Hall–Kier alpha value is -3.22. The number of hydrogen-bond acceptors (Lipinski definition) is 7. The molecule has 1 heterocycles. The van der Waals surface area contributed by atoms with E-state index in [0.717, 1.165) is 6.42 Å². The van der Waals surface area contributed by atoms with Crippen LogP contribution in [0.2, 0.25) is 0 Å². The Bertz CT molecular complexity index is 737. The van der Waals surface area contributed by atoms with Crippen LogP contribution < -0.4 is 27.0 Å². The first-order valence-electron chi connectivity index (χ1n) is 10.3. The van der Waals surface area contributed by atoms with E-state index in [2.05, 4.69) is 21.3 Å². The molecule has 1 fully saturated rings. The molecule has 5 atom stereocenters. The van der Waals surface area contributed by atoms with E-state index in [-0.39, 0.29) is 0 Å². The van der Waals surface area contributed by atoms with Crippen molar-refractivity contribution in [1.29, 1.82) is 0 Å². The molecule has 13 heteroatoms. The van der Waals surface area contributed by atoms with Gasteiger partial charge in [0, 0.05) is 0 Å². The quantitative estimate of drug-likeness (QED) is 0.158. The molecule has 0 spiro atoms. The minimum absolute atomic E-state index is 0.411. The van der Waals surface area contributed by atoms with Crippen LogP contribution in [0.15, 0.2) is 0 Å². The highest BCUT2D eigenvalue weighted by Gasteiger charge is 2.34. The van der Waals surface area contributed by atoms with Crippen LogP contribution in [-0.4, -0.2) is 76.5 Å². The highest BCUT2D eigenvalue weighted by atomic mass is 16.4. The van der Waals surface area contributed by atoms with Crippen LogP contribution in [0.4, 0.5) is 0 Å². The van der Waals surface area contributed by atoms with E-state index in [4.69, 9.17) is 15.9 Å². The number of carbonyl (C=O) groups excluding carboxylic acids is 4. The Kier molecular flexibility index (Phi) is 10.5. The summed E-state index contributed by atoms with van der Waals surface area (Å²) in [6.45, 7) is 4.00. The molecular formula is C19H31N5O8. The average molecular weight is 457 g/mol. The molecule has 5 unspecified atom stereocenters. The molecule has 0 aromatic carbocycles. The lowest BCUT2D eigenvalue weighted by Crippen LogP contribution is -2.59. The van der Waals surface area contributed by atoms with Crippen LogP contribution >= 0.6 is 0 Å². The van der Waals surface area contributed by atoms with Gasteiger partial charge in [0.05, 0.1) is 18.9 Å². The lowest BCUT2D eigenvalue weighted by molar-refractivity contribution is -0.147. The molecule has 0 aromatic heterocycles. The number of carboxylic acid groups (broad SMARTS) is 2. The Balaban J connectivity index is 2.96. The van der Waals surface area contributed by atoms with Gasteiger partial charge in [-0.05, 0) is 25.3 Å². The first kappa shape index (κ1) is 26.8. The van der Waals surface area contributed by atoms with Gasteiger partial charge in [0.15, 0.2) is 0 Å². The molecule has 0 radical (unpaired) electrons. The minimum Gasteiger partial charge on any atom is -0.481 e. The number of carboxylic acids is 2. The second-order valence-corrected chi connectivity index (χ2v) is 7.75. The van der Waals surface area contributed by atoms with E-state index in [0.29, 0.717) is 19.4 Å². The SMILES string of the molecule is CCC(C)C(NC(=O)C(CC(N)=O)NC(=O)C1CCCN1)C(=O)NC(CC(=O)O)C(=O)O. The van der Waals surface area contributed by atoms with Crippen molar-refractivity contribution in [1.82, 2.24) is 21.3 Å². The van der Waals surface area contributed by atoms with Gasteiger partial charge in [-0.1, -0.05) is 20.3 Å². The summed E-state index contributed by atoms with van der Waals surface area (Å²) in [5, 5.41) is 28.0. The summed E-state index contributed by atoms with van der Waals surface area (Å²) in [7, 11) is 0. The second-order valence-electron chi connectivity index (χ2n) is 7.75. The molecule has 1 rings (SSSR count). The highest BCUT2D eigenvalue weighted by Crippen LogP contribution is 2.11.